The molecule has 0 heterocycles. The van der Waals surface area contributed by atoms with Crippen molar-refractivity contribution < 1.29 is 9.50 Å². The van der Waals surface area contributed by atoms with E-state index < -0.39 is 0 Å². The van der Waals surface area contributed by atoms with Crippen molar-refractivity contribution in [1.29, 1.82) is 0 Å². The summed E-state index contributed by atoms with van der Waals surface area (Å²) in [7, 11) is 0. The van der Waals surface area contributed by atoms with Crippen LogP contribution in [0.4, 0.5) is 4.39 Å². The highest BCUT2D eigenvalue weighted by molar-refractivity contribution is 5.23. The average Bonchev–Trinajstić information content (AvgIpc) is 2.49. The van der Waals surface area contributed by atoms with E-state index in [1.165, 1.54) is 6.07 Å². The first-order chi connectivity index (χ1) is 9.74. The predicted octanol–water partition coefficient (Wildman–Crippen LogP) is 3.60. The molecule has 0 spiro atoms. The molecular formula is C17H20FNO. The van der Waals surface area contributed by atoms with Gasteiger partial charge in [0.15, 0.2) is 0 Å². The molecule has 0 bridgehead atoms. The monoisotopic (exact) mass is 273 g/mol. The van der Waals surface area contributed by atoms with Gasteiger partial charge in [-0.15, -0.1) is 0 Å². The molecule has 2 aromatic carbocycles. The molecule has 0 fully saturated rings. The van der Waals surface area contributed by atoms with E-state index in [4.69, 9.17) is 0 Å². The maximum atomic E-state index is 13.3. The van der Waals surface area contributed by atoms with Gasteiger partial charge in [0.05, 0.1) is 12.6 Å². The molecule has 106 valence electrons. The lowest BCUT2D eigenvalue weighted by atomic mass is 10.0. The summed E-state index contributed by atoms with van der Waals surface area (Å²) in [5.74, 6) is -0.233. The van der Waals surface area contributed by atoms with Gasteiger partial charge >= 0.3 is 0 Å². The minimum absolute atomic E-state index is 0.00975. The Morgan fingerprint density at radius 1 is 1.00 bits per heavy atom. The second-order valence-electron chi connectivity index (χ2n) is 4.83. The van der Waals surface area contributed by atoms with Crippen molar-refractivity contribution in [1.82, 2.24) is 5.32 Å². The van der Waals surface area contributed by atoms with Gasteiger partial charge in [-0.1, -0.05) is 49.4 Å². The number of benzene rings is 2. The molecule has 2 unspecified atom stereocenters. The SMILES string of the molecule is CCC(NC(CO)c1ccccc1)c1cccc(F)c1. The van der Waals surface area contributed by atoms with Crippen LogP contribution in [-0.2, 0) is 0 Å². The van der Waals surface area contributed by atoms with Gasteiger partial charge < -0.3 is 10.4 Å². The van der Waals surface area contributed by atoms with Gasteiger partial charge in [0.2, 0.25) is 0 Å². The molecule has 3 heteroatoms. The van der Waals surface area contributed by atoms with Crippen molar-refractivity contribution in [3.05, 3.63) is 71.5 Å². The number of aliphatic hydroxyl groups excluding tert-OH is 1. The van der Waals surface area contributed by atoms with Crippen molar-refractivity contribution in [3.63, 3.8) is 0 Å². The second-order valence-corrected chi connectivity index (χ2v) is 4.83. The number of aliphatic hydroxyl groups is 1. The van der Waals surface area contributed by atoms with Gasteiger partial charge in [0.25, 0.3) is 0 Å². The third-order valence-electron chi connectivity index (χ3n) is 3.45. The van der Waals surface area contributed by atoms with Gasteiger partial charge in [-0.25, -0.2) is 4.39 Å². The fourth-order valence-electron chi connectivity index (χ4n) is 2.36. The normalized spacial score (nSPS) is 13.9. The van der Waals surface area contributed by atoms with E-state index in [0.717, 1.165) is 17.5 Å². The molecule has 2 nitrogen and oxygen atoms in total. The molecule has 0 aromatic heterocycles. The molecule has 0 radical (unpaired) electrons. The molecule has 20 heavy (non-hydrogen) atoms. The number of hydrogen-bond donors (Lipinski definition) is 2. The first-order valence-corrected chi connectivity index (χ1v) is 6.92. The Balaban J connectivity index is 2.16. The van der Waals surface area contributed by atoms with E-state index in [1.807, 2.05) is 43.3 Å². The van der Waals surface area contributed by atoms with Crippen LogP contribution in [0.3, 0.4) is 0 Å². The summed E-state index contributed by atoms with van der Waals surface area (Å²) in [6.45, 7) is 2.05. The Labute approximate surface area is 119 Å². The van der Waals surface area contributed by atoms with Crippen LogP contribution in [0.2, 0.25) is 0 Å². The number of hydrogen-bond acceptors (Lipinski definition) is 2. The zero-order valence-electron chi connectivity index (χ0n) is 11.6. The molecule has 0 aliphatic carbocycles. The van der Waals surface area contributed by atoms with Gasteiger partial charge in [-0.2, -0.15) is 0 Å². The summed E-state index contributed by atoms with van der Waals surface area (Å²) in [6, 6.07) is 16.3. The first-order valence-electron chi connectivity index (χ1n) is 6.92. The summed E-state index contributed by atoms with van der Waals surface area (Å²) < 4.78 is 13.3. The van der Waals surface area contributed by atoms with Gasteiger partial charge in [-0.3, -0.25) is 0 Å². The minimum atomic E-state index is -0.233. The fourth-order valence-corrected chi connectivity index (χ4v) is 2.36. The molecular weight excluding hydrogens is 253 g/mol. The van der Waals surface area contributed by atoms with Crippen LogP contribution >= 0.6 is 0 Å². The van der Waals surface area contributed by atoms with E-state index in [9.17, 15) is 9.50 Å². The molecule has 2 atom stereocenters. The Bertz CT molecular complexity index is 530. The molecule has 2 rings (SSSR count). The third-order valence-corrected chi connectivity index (χ3v) is 3.45. The van der Waals surface area contributed by atoms with Crippen molar-refractivity contribution in [2.24, 2.45) is 0 Å². The van der Waals surface area contributed by atoms with Crippen molar-refractivity contribution in [2.45, 2.75) is 25.4 Å². The Morgan fingerprint density at radius 2 is 1.70 bits per heavy atom. The van der Waals surface area contributed by atoms with Crippen LogP contribution in [0.1, 0.15) is 36.6 Å². The summed E-state index contributed by atoms with van der Waals surface area (Å²) in [6.07, 6.45) is 0.826. The van der Waals surface area contributed by atoms with Crippen LogP contribution in [0, 0.1) is 5.82 Å². The van der Waals surface area contributed by atoms with E-state index in [2.05, 4.69) is 5.32 Å². The van der Waals surface area contributed by atoms with Crippen LogP contribution in [0.15, 0.2) is 54.6 Å². The van der Waals surface area contributed by atoms with E-state index in [1.54, 1.807) is 12.1 Å². The quantitative estimate of drug-likeness (QED) is 0.843. The van der Waals surface area contributed by atoms with E-state index in [-0.39, 0.29) is 24.5 Å². The predicted molar refractivity (Wildman–Crippen MR) is 78.8 cm³/mol. The number of nitrogens with one attached hydrogen (secondary N) is 1. The lowest BCUT2D eigenvalue weighted by Crippen LogP contribution is -2.28. The highest BCUT2D eigenvalue weighted by Crippen LogP contribution is 2.22. The Kier molecular flexibility index (Phi) is 5.27. The summed E-state index contributed by atoms with van der Waals surface area (Å²) >= 11 is 0. The lowest BCUT2D eigenvalue weighted by Gasteiger charge is -2.24. The zero-order chi connectivity index (χ0) is 14.4. The summed E-state index contributed by atoms with van der Waals surface area (Å²) in [5.41, 5.74) is 1.94. The van der Waals surface area contributed by atoms with Gasteiger partial charge in [0.1, 0.15) is 5.82 Å². The maximum Gasteiger partial charge on any atom is 0.123 e. The molecule has 0 saturated carbocycles. The van der Waals surface area contributed by atoms with Crippen LogP contribution < -0.4 is 5.32 Å². The lowest BCUT2D eigenvalue weighted by molar-refractivity contribution is 0.231. The third kappa shape index (κ3) is 3.65. The van der Waals surface area contributed by atoms with Gasteiger partial charge in [0, 0.05) is 6.04 Å². The smallest absolute Gasteiger partial charge is 0.123 e. The molecule has 0 saturated heterocycles. The number of halogens is 1. The highest BCUT2D eigenvalue weighted by Gasteiger charge is 2.16. The van der Waals surface area contributed by atoms with Gasteiger partial charge in [-0.05, 0) is 29.7 Å². The molecule has 2 aromatic rings. The van der Waals surface area contributed by atoms with E-state index >= 15 is 0 Å². The first kappa shape index (κ1) is 14.7. The summed E-state index contributed by atoms with van der Waals surface area (Å²) in [4.78, 5) is 0. The Hall–Kier alpha value is -1.71. The average molecular weight is 273 g/mol. The largest absolute Gasteiger partial charge is 0.394 e. The molecule has 0 aliphatic rings. The minimum Gasteiger partial charge on any atom is -0.394 e. The molecule has 0 aliphatic heterocycles. The fraction of sp³-hybridized carbons (Fsp3) is 0.294. The standard InChI is InChI=1S/C17H20FNO/c1-2-16(14-9-6-10-15(18)11-14)19-17(12-20)13-7-4-3-5-8-13/h3-11,16-17,19-20H,2,12H2,1H3. The van der Waals surface area contributed by atoms with Crippen molar-refractivity contribution in [2.75, 3.05) is 6.61 Å². The van der Waals surface area contributed by atoms with Crippen LogP contribution in [0.25, 0.3) is 0 Å². The zero-order valence-corrected chi connectivity index (χ0v) is 11.6. The van der Waals surface area contributed by atoms with Crippen molar-refractivity contribution in [3.8, 4) is 0 Å². The maximum absolute atomic E-state index is 13.3. The second kappa shape index (κ2) is 7.17. The highest BCUT2D eigenvalue weighted by atomic mass is 19.1. The number of rotatable bonds is 6. The Morgan fingerprint density at radius 3 is 2.30 bits per heavy atom. The van der Waals surface area contributed by atoms with Crippen LogP contribution in [-0.4, -0.2) is 11.7 Å². The van der Waals surface area contributed by atoms with Crippen molar-refractivity contribution >= 4 is 0 Å². The van der Waals surface area contributed by atoms with Crippen LogP contribution in [0.5, 0.6) is 0 Å². The molecule has 2 N–H and O–H groups in total. The topological polar surface area (TPSA) is 32.3 Å². The summed E-state index contributed by atoms with van der Waals surface area (Å²) in [5, 5.41) is 13.0. The molecule has 0 amide bonds. The van der Waals surface area contributed by atoms with E-state index in [0.29, 0.717) is 0 Å².